The van der Waals surface area contributed by atoms with Gasteiger partial charge in [0.15, 0.2) is 11.5 Å². The first-order valence-electron chi connectivity index (χ1n) is 8.10. The second-order valence-corrected chi connectivity index (χ2v) is 6.28. The molecular formula is C17H27ClN2O3. The van der Waals surface area contributed by atoms with Crippen molar-refractivity contribution < 1.29 is 14.6 Å². The molecular weight excluding hydrogens is 316 g/mol. The first-order valence-corrected chi connectivity index (χ1v) is 8.48. The standard InChI is InChI=1S/C17H27ClN2O3/c1-4-14(12-21)20-7-5-19(6-8-20)11-13-9-15(18)17(23-3)16(10-13)22-2/h9-10,14,21H,4-8,11-12H2,1-3H3. The molecule has 0 spiro atoms. The lowest BCUT2D eigenvalue weighted by Crippen LogP contribution is -2.50. The average molecular weight is 343 g/mol. The number of halogens is 1. The van der Waals surface area contributed by atoms with Crippen LogP contribution in [0, 0.1) is 0 Å². The number of methoxy groups -OCH3 is 2. The first-order chi connectivity index (χ1) is 11.1. The molecule has 0 amide bonds. The van der Waals surface area contributed by atoms with Crippen LogP contribution >= 0.6 is 11.6 Å². The lowest BCUT2D eigenvalue weighted by molar-refractivity contribution is 0.0608. The number of piperazine rings is 1. The Bertz CT molecular complexity index is 501. The molecule has 1 N–H and O–H groups in total. The lowest BCUT2D eigenvalue weighted by Gasteiger charge is -2.38. The number of aliphatic hydroxyl groups excluding tert-OH is 1. The molecule has 0 bridgehead atoms. The molecule has 6 heteroatoms. The van der Waals surface area contributed by atoms with E-state index < -0.39 is 0 Å². The van der Waals surface area contributed by atoms with Crippen LogP contribution in [0.4, 0.5) is 0 Å². The Morgan fingerprint density at radius 2 is 1.87 bits per heavy atom. The fraction of sp³-hybridized carbons (Fsp3) is 0.647. The molecule has 23 heavy (non-hydrogen) atoms. The number of aliphatic hydroxyl groups is 1. The zero-order valence-electron chi connectivity index (χ0n) is 14.2. The van der Waals surface area contributed by atoms with Crippen molar-refractivity contribution in [2.75, 3.05) is 47.0 Å². The van der Waals surface area contributed by atoms with Gasteiger partial charge in [-0.3, -0.25) is 9.80 Å². The molecule has 1 atom stereocenters. The van der Waals surface area contributed by atoms with E-state index >= 15 is 0 Å². The molecule has 1 aromatic rings. The SMILES string of the molecule is CCC(CO)N1CCN(Cc2cc(Cl)c(OC)c(OC)c2)CC1. The van der Waals surface area contributed by atoms with Gasteiger partial charge in [-0.2, -0.15) is 0 Å². The van der Waals surface area contributed by atoms with Gasteiger partial charge >= 0.3 is 0 Å². The van der Waals surface area contributed by atoms with Crippen LogP contribution in [-0.4, -0.2) is 68.0 Å². The molecule has 0 saturated carbocycles. The maximum absolute atomic E-state index is 9.42. The van der Waals surface area contributed by atoms with Gasteiger partial charge in [0.2, 0.25) is 0 Å². The third-order valence-corrected chi connectivity index (χ3v) is 4.79. The van der Waals surface area contributed by atoms with Crippen molar-refractivity contribution >= 4 is 11.6 Å². The predicted octanol–water partition coefficient (Wildman–Crippen LogP) is 2.25. The molecule has 0 aliphatic carbocycles. The highest BCUT2D eigenvalue weighted by atomic mass is 35.5. The number of benzene rings is 1. The Kier molecular flexibility index (Phi) is 6.96. The second-order valence-electron chi connectivity index (χ2n) is 5.87. The summed E-state index contributed by atoms with van der Waals surface area (Å²) in [5.74, 6) is 1.25. The Balaban J connectivity index is 1.98. The maximum Gasteiger partial charge on any atom is 0.179 e. The fourth-order valence-corrected chi connectivity index (χ4v) is 3.42. The normalized spacial score (nSPS) is 18.0. The van der Waals surface area contributed by atoms with Gasteiger partial charge in [-0.05, 0) is 24.1 Å². The highest BCUT2D eigenvalue weighted by Crippen LogP contribution is 2.36. The Labute approximate surface area is 143 Å². The smallest absolute Gasteiger partial charge is 0.179 e. The van der Waals surface area contributed by atoms with Crippen molar-refractivity contribution in [2.45, 2.75) is 25.9 Å². The van der Waals surface area contributed by atoms with Gasteiger partial charge in [0.25, 0.3) is 0 Å². The van der Waals surface area contributed by atoms with Crippen LogP contribution in [0.2, 0.25) is 5.02 Å². The molecule has 1 aromatic carbocycles. The van der Waals surface area contributed by atoms with Gasteiger partial charge in [-0.15, -0.1) is 0 Å². The zero-order valence-corrected chi connectivity index (χ0v) is 15.0. The minimum absolute atomic E-state index is 0.238. The van der Waals surface area contributed by atoms with Gasteiger partial charge in [-0.25, -0.2) is 0 Å². The van der Waals surface area contributed by atoms with Crippen LogP contribution in [0.5, 0.6) is 11.5 Å². The lowest BCUT2D eigenvalue weighted by atomic mass is 10.1. The molecule has 2 rings (SSSR count). The Hall–Kier alpha value is -1.01. The number of hydrogen-bond acceptors (Lipinski definition) is 5. The molecule has 1 aliphatic rings. The molecule has 1 fully saturated rings. The third-order valence-electron chi connectivity index (χ3n) is 4.50. The molecule has 0 aromatic heterocycles. The van der Waals surface area contributed by atoms with Crippen LogP contribution < -0.4 is 9.47 Å². The Morgan fingerprint density at radius 1 is 1.17 bits per heavy atom. The number of hydrogen-bond donors (Lipinski definition) is 1. The summed E-state index contributed by atoms with van der Waals surface area (Å²) in [5, 5.41) is 10.00. The van der Waals surface area contributed by atoms with E-state index in [1.807, 2.05) is 12.1 Å². The monoisotopic (exact) mass is 342 g/mol. The van der Waals surface area contributed by atoms with E-state index in [0.29, 0.717) is 16.5 Å². The first kappa shape index (κ1) is 18.3. The minimum atomic E-state index is 0.238. The second kappa shape index (κ2) is 8.73. The summed E-state index contributed by atoms with van der Waals surface area (Å²) >= 11 is 6.27. The number of nitrogens with zero attached hydrogens (tertiary/aromatic N) is 2. The highest BCUT2D eigenvalue weighted by molar-refractivity contribution is 6.32. The van der Waals surface area contributed by atoms with E-state index in [-0.39, 0.29) is 12.6 Å². The number of ether oxygens (including phenoxy) is 2. The van der Waals surface area contributed by atoms with E-state index in [1.165, 1.54) is 0 Å². The van der Waals surface area contributed by atoms with Crippen LogP contribution in [-0.2, 0) is 6.54 Å². The van der Waals surface area contributed by atoms with Crippen LogP contribution in [0.3, 0.4) is 0 Å². The van der Waals surface area contributed by atoms with Gasteiger partial charge in [0, 0.05) is 38.8 Å². The Morgan fingerprint density at radius 3 is 2.39 bits per heavy atom. The van der Waals surface area contributed by atoms with Crippen molar-refractivity contribution in [2.24, 2.45) is 0 Å². The quantitative estimate of drug-likeness (QED) is 0.823. The molecule has 1 saturated heterocycles. The summed E-state index contributed by atoms with van der Waals surface area (Å²) in [6.45, 7) is 7.15. The largest absolute Gasteiger partial charge is 0.493 e. The summed E-state index contributed by atoms with van der Waals surface area (Å²) in [7, 11) is 3.21. The summed E-state index contributed by atoms with van der Waals surface area (Å²) in [5.41, 5.74) is 1.12. The number of rotatable bonds is 7. The molecule has 1 unspecified atom stereocenters. The zero-order chi connectivity index (χ0) is 16.8. The van der Waals surface area contributed by atoms with Crippen molar-refractivity contribution in [3.8, 4) is 11.5 Å². The van der Waals surface area contributed by atoms with Crippen molar-refractivity contribution in [3.05, 3.63) is 22.7 Å². The molecule has 130 valence electrons. The summed E-state index contributed by atoms with van der Waals surface area (Å²) in [6, 6.07) is 4.21. The third kappa shape index (κ3) is 4.51. The van der Waals surface area contributed by atoms with E-state index in [0.717, 1.165) is 44.7 Å². The van der Waals surface area contributed by atoms with Gasteiger partial charge in [-0.1, -0.05) is 18.5 Å². The topological polar surface area (TPSA) is 45.2 Å². The maximum atomic E-state index is 9.42. The van der Waals surface area contributed by atoms with Crippen LogP contribution in [0.25, 0.3) is 0 Å². The molecule has 1 aliphatic heterocycles. The summed E-state index contributed by atoms with van der Waals surface area (Å²) in [4.78, 5) is 4.77. The van der Waals surface area contributed by atoms with Crippen molar-refractivity contribution in [3.63, 3.8) is 0 Å². The van der Waals surface area contributed by atoms with Crippen molar-refractivity contribution in [1.82, 2.24) is 9.80 Å². The summed E-state index contributed by atoms with van der Waals surface area (Å²) < 4.78 is 10.6. The predicted molar refractivity (Wildman–Crippen MR) is 92.6 cm³/mol. The molecule has 0 radical (unpaired) electrons. The highest BCUT2D eigenvalue weighted by Gasteiger charge is 2.22. The van der Waals surface area contributed by atoms with E-state index in [4.69, 9.17) is 21.1 Å². The van der Waals surface area contributed by atoms with Crippen LogP contribution in [0.1, 0.15) is 18.9 Å². The van der Waals surface area contributed by atoms with Crippen molar-refractivity contribution in [1.29, 1.82) is 0 Å². The van der Waals surface area contributed by atoms with Gasteiger partial charge < -0.3 is 14.6 Å². The van der Waals surface area contributed by atoms with Gasteiger partial charge in [0.05, 0.1) is 25.8 Å². The van der Waals surface area contributed by atoms with E-state index in [2.05, 4.69) is 16.7 Å². The minimum Gasteiger partial charge on any atom is -0.493 e. The van der Waals surface area contributed by atoms with E-state index in [9.17, 15) is 5.11 Å². The molecule has 5 nitrogen and oxygen atoms in total. The van der Waals surface area contributed by atoms with Crippen LogP contribution in [0.15, 0.2) is 12.1 Å². The fourth-order valence-electron chi connectivity index (χ4n) is 3.11. The summed E-state index contributed by atoms with van der Waals surface area (Å²) in [6.07, 6.45) is 0.988. The van der Waals surface area contributed by atoms with E-state index in [1.54, 1.807) is 14.2 Å². The molecule has 1 heterocycles. The average Bonchev–Trinajstić information content (AvgIpc) is 2.57. The van der Waals surface area contributed by atoms with Gasteiger partial charge in [0.1, 0.15) is 0 Å².